The van der Waals surface area contributed by atoms with Crippen molar-refractivity contribution < 1.29 is 38.1 Å². The number of urea groups is 1. The van der Waals surface area contributed by atoms with Crippen LogP contribution in [-0.4, -0.2) is 58.2 Å². The molecule has 216 valence electrons. The number of ether oxygens (including phenoxy) is 5. The van der Waals surface area contributed by atoms with Crippen LogP contribution in [0.25, 0.3) is 0 Å². The number of terminal acetylenes is 1. The summed E-state index contributed by atoms with van der Waals surface area (Å²) < 4.78 is 27.9. The minimum Gasteiger partial charge on any atom is -0.493 e. The molecule has 3 amide bonds. The van der Waals surface area contributed by atoms with E-state index in [1.807, 2.05) is 0 Å². The van der Waals surface area contributed by atoms with Gasteiger partial charge in [-0.2, -0.15) is 5.10 Å². The first-order valence-corrected chi connectivity index (χ1v) is 13.3. The molecule has 0 bridgehead atoms. The van der Waals surface area contributed by atoms with Gasteiger partial charge < -0.3 is 34.3 Å². The molecule has 0 aromatic heterocycles. The first kappa shape index (κ1) is 31.1. The molecule has 3 N–H and O–H groups in total. The average Bonchev–Trinajstić information content (AvgIpc) is 2.94. The normalized spacial score (nSPS) is 14.4. The number of hydrogen-bond donors (Lipinski definition) is 3. The lowest BCUT2D eigenvalue weighted by atomic mass is 9.95. The van der Waals surface area contributed by atoms with E-state index in [1.54, 1.807) is 44.2 Å². The van der Waals surface area contributed by atoms with E-state index >= 15 is 0 Å². The van der Waals surface area contributed by atoms with Gasteiger partial charge in [-0.1, -0.05) is 12.0 Å². The summed E-state index contributed by atoms with van der Waals surface area (Å²) in [5.41, 5.74) is 4.27. The Labute approximate surface area is 250 Å². The van der Waals surface area contributed by atoms with E-state index in [9.17, 15) is 14.4 Å². The van der Waals surface area contributed by atoms with Crippen molar-refractivity contribution in [1.29, 1.82) is 0 Å². The highest BCUT2D eigenvalue weighted by Gasteiger charge is 2.32. The second-order valence-corrected chi connectivity index (χ2v) is 9.47. The number of benzene rings is 2. The molecule has 1 heterocycles. The minimum atomic E-state index is -0.775. The zero-order valence-corrected chi connectivity index (χ0v) is 25.0. The monoisotopic (exact) mass is 676 g/mol. The number of rotatable bonds is 12. The number of carbonyl (C=O) groups is 3. The van der Waals surface area contributed by atoms with Crippen molar-refractivity contribution in [1.82, 2.24) is 16.1 Å². The van der Waals surface area contributed by atoms with Gasteiger partial charge in [0, 0.05) is 5.70 Å². The number of amides is 3. The fourth-order valence-corrected chi connectivity index (χ4v) is 4.61. The van der Waals surface area contributed by atoms with Crippen LogP contribution in [-0.2, 0) is 14.3 Å². The van der Waals surface area contributed by atoms with Crippen molar-refractivity contribution in [2.75, 3.05) is 34.0 Å². The predicted octanol–water partition coefficient (Wildman–Crippen LogP) is 3.04. The molecule has 0 saturated heterocycles. The summed E-state index contributed by atoms with van der Waals surface area (Å²) in [6, 6.07) is 7.10. The maximum atomic E-state index is 12.6. The Hall–Kier alpha value is -4.45. The van der Waals surface area contributed by atoms with E-state index in [0.29, 0.717) is 34.1 Å². The first-order chi connectivity index (χ1) is 19.7. The van der Waals surface area contributed by atoms with E-state index < -0.39 is 23.9 Å². The van der Waals surface area contributed by atoms with Gasteiger partial charge in [0.15, 0.2) is 29.6 Å². The van der Waals surface area contributed by atoms with E-state index in [0.717, 1.165) is 3.57 Å². The van der Waals surface area contributed by atoms with Crippen LogP contribution in [0.4, 0.5) is 4.79 Å². The zero-order chi connectivity index (χ0) is 29.9. The molecule has 2 aromatic rings. The molecule has 2 aromatic carbocycles. The smallest absolute Gasteiger partial charge is 0.338 e. The molecule has 12 nitrogen and oxygen atoms in total. The number of halogens is 1. The van der Waals surface area contributed by atoms with Gasteiger partial charge in [-0.25, -0.2) is 15.0 Å². The number of nitrogens with zero attached hydrogens (tertiary/aromatic N) is 1. The summed E-state index contributed by atoms with van der Waals surface area (Å²) >= 11 is 2.09. The molecule has 0 unspecified atom stereocenters. The second kappa shape index (κ2) is 14.8. The van der Waals surface area contributed by atoms with Crippen molar-refractivity contribution in [2.45, 2.75) is 19.9 Å². The lowest BCUT2D eigenvalue weighted by molar-refractivity contribution is -0.139. The fraction of sp³-hybridized carbons (Fsp3) is 0.286. The topological polar surface area (TPSA) is 146 Å². The van der Waals surface area contributed by atoms with Gasteiger partial charge in [-0.15, -0.1) is 6.42 Å². The van der Waals surface area contributed by atoms with Crippen molar-refractivity contribution in [3.63, 3.8) is 0 Å². The molecule has 0 spiro atoms. The summed E-state index contributed by atoms with van der Waals surface area (Å²) in [6.07, 6.45) is 6.71. The van der Waals surface area contributed by atoms with E-state index in [4.69, 9.17) is 30.1 Å². The molecule has 41 heavy (non-hydrogen) atoms. The van der Waals surface area contributed by atoms with Gasteiger partial charge in [0.05, 0.1) is 42.2 Å². The molecule has 0 fully saturated rings. The third-order valence-electron chi connectivity index (χ3n) is 5.60. The lowest BCUT2D eigenvalue weighted by Gasteiger charge is -2.28. The van der Waals surface area contributed by atoms with Gasteiger partial charge in [0.2, 0.25) is 0 Å². The maximum absolute atomic E-state index is 12.6. The number of hydrazone groups is 1. The molecule has 1 atom stereocenters. The third-order valence-corrected chi connectivity index (χ3v) is 6.40. The molecule has 0 radical (unpaired) electrons. The summed E-state index contributed by atoms with van der Waals surface area (Å²) in [5, 5.41) is 9.28. The average molecular weight is 676 g/mol. The van der Waals surface area contributed by atoms with Crippen LogP contribution >= 0.6 is 22.6 Å². The Morgan fingerprint density at radius 2 is 1.90 bits per heavy atom. The number of allylic oxidation sites excluding steroid dienone is 1. The van der Waals surface area contributed by atoms with Crippen LogP contribution in [0, 0.1) is 15.9 Å². The highest BCUT2D eigenvalue weighted by molar-refractivity contribution is 14.1. The standard InChI is InChI=1S/C28H29IN4O8/c1-6-10-40-26-19(29)11-17(12-22(26)38-5)14-30-33-23(34)15-41-20-9-8-18(13-21(20)37-4)25-24(27(35)39-7-2)16(3)31-28(36)32-25/h1,8-9,11-14,25H,7,10,15H2,2-5H3,(H,33,34)(H2,31,32,36)/b30-14-/t25-/m1/s1. The molecule has 1 aliphatic rings. The predicted molar refractivity (Wildman–Crippen MR) is 158 cm³/mol. The summed E-state index contributed by atoms with van der Waals surface area (Å²) in [5.74, 6) is 2.90. The van der Waals surface area contributed by atoms with Crippen LogP contribution in [0.3, 0.4) is 0 Å². The second-order valence-electron chi connectivity index (χ2n) is 8.31. The highest BCUT2D eigenvalue weighted by Crippen LogP contribution is 2.35. The molecule has 1 aliphatic heterocycles. The zero-order valence-electron chi connectivity index (χ0n) is 22.8. The molecule has 0 saturated carbocycles. The van der Waals surface area contributed by atoms with Gasteiger partial charge in [-0.3, -0.25) is 4.79 Å². The van der Waals surface area contributed by atoms with Crippen LogP contribution in [0.1, 0.15) is 31.0 Å². The Morgan fingerprint density at radius 1 is 1.15 bits per heavy atom. The van der Waals surface area contributed by atoms with Crippen LogP contribution in [0.5, 0.6) is 23.0 Å². The number of esters is 1. The van der Waals surface area contributed by atoms with Crippen LogP contribution in [0.2, 0.25) is 0 Å². The highest BCUT2D eigenvalue weighted by atomic mass is 127. The van der Waals surface area contributed by atoms with Gasteiger partial charge in [0.1, 0.15) is 6.61 Å². The van der Waals surface area contributed by atoms with Crippen molar-refractivity contribution in [2.24, 2.45) is 5.10 Å². The maximum Gasteiger partial charge on any atom is 0.338 e. The summed E-state index contributed by atoms with van der Waals surface area (Å²) in [7, 11) is 2.94. The van der Waals surface area contributed by atoms with Crippen LogP contribution < -0.4 is 35.0 Å². The van der Waals surface area contributed by atoms with Crippen molar-refractivity contribution in [3.8, 4) is 35.3 Å². The lowest BCUT2D eigenvalue weighted by Crippen LogP contribution is -2.45. The molecule has 13 heteroatoms. The number of hydrogen-bond acceptors (Lipinski definition) is 9. The van der Waals surface area contributed by atoms with Crippen molar-refractivity contribution >= 4 is 46.7 Å². The Kier molecular flexibility index (Phi) is 11.2. The van der Waals surface area contributed by atoms with Crippen LogP contribution in [0.15, 0.2) is 46.7 Å². The Bertz CT molecular complexity index is 1420. The number of methoxy groups -OCH3 is 2. The summed E-state index contributed by atoms with van der Waals surface area (Å²) in [4.78, 5) is 37.1. The van der Waals surface area contributed by atoms with Gasteiger partial charge in [0.25, 0.3) is 5.91 Å². The third kappa shape index (κ3) is 8.04. The summed E-state index contributed by atoms with van der Waals surface area (Å²) in [6.45, 7) is 3.24. The number of carbonyl (C=O) groups excluding carboxylic acids is 3. The SMILES string of the molecule is C#CCOc1c(I)cc(/C=N\NC(=O)COc2ccc([C@H]3NC(=O)NC(C)=C3C(=O)OCC)cc2OC)cc1OC. The van der Waals surface area contributed by atoms with E-state index in [2.05, 4.69) is 49.7 Å². The molecule has 0 aliphatic carbocycles. The largest absolute Gasteiger partial charge is 0.493 e. The Morgan fingerprint density at radius 3 is 2.59 bits per heavy atom. The quantitative estimate of drug-likeness (QED) is 0.102. The first-order valence-electron chi connectivity index (χ1n) is 12.2. The number of nitrogens with one attached hydrogen (secondary N) is 3. The van der Waals surface area contributed by atoms with Crippen molar-refractivity contribution in [3.05, 3.63) is 56.3 Å². The molecular formula is C28H29IN4O8. The van der Waals surface area contributed by atoms with E-state index in [1.165, 1.54) is 20.4 Å². The Balaban J connectivity index is 1.67. The molecular weight excluding hydrogens is 647 g/mol. The van der Waals surface area contributed by atoms with Gasteiger partial charge in [-0.05, 0) is 71.8 Å². The van der Waals surface area contributed by atoms with Gasteiger partial charge >= 0.3 is 12.0 Å². The molecule has 3 rings (SSSR count). The van der Waals surface area contributed by atoms with E-state index in [-0.39, 0.29) is 31.1 Å². The fourth-order valence-electron chi connectivity index (χ4n) is 3.83. The minimum absolute atomic E-state index is 0.101.